The summed E-state index contributed by atoms with van der Waals surface area (Å²) >= 11 is 9.07. The third kappa shape index (κ3) is 2.97. The highest BCUT2D eigenvalue weighted by Gasteiger charge is 1.99. The van der Waals surface area contributed by atoms with E-state index in [0.717, 1.165) is 21.7 Å². The second kappa shape index (κ2) is 5.32. The summed E-state index contributed by atoms with van der Waals surface area (Å²) in [6.45, 7) is 0. The van der Waals surface area contributed by atoms with Crippen molar-refractivity contribution in [3.63, 3.8) is 0 Å². The van der Waals surface area contributed by atoms with Crippen LogP contribution in [0.3, 0.4) is 0 Å². The molecule has 0 aliphatic rings. The lowest BCUT2D eigenvalue weighted by molar-refractivity contribution is 0.481. The Balaban J connectivity index is 2.16. The van der Waals surface area contributed by atoms with Crippen molar-refractivity contribution in [3.05, 3.63) is 52.8 Å². The second-order valence-corrected chi connectivity index (χ2v) is 4.36. The van der Waals surface area contributed by atoms with Crippen LogP contribution in [0, 0.1) is 0 Å². The molecule has 0 atom stereocenters. The van der Waals surface area contributed by atoms with Gasteiger partial charge in [0.2, 0.25) is 0 Å². The lowest BCUT2D eigenvalue weighted by atomic mass is 10.3. The maximum atomic E-state index is 5.70. The van der Waals surface area contributed by atoms with E-state index in [1.807, 2.05) is 30.3 Å². The number of hydrogen-bond donors (Lipinski definition) is 0. The molecule has 0 N–H and O–H groups in total. The number of nitrogens with zero attached hydrogens (tertiary/aromatic N) is 1. The van der Waals surface area contributed by atoms with Crippen molar-refractivity contribution in [2.45, 2.75) is 5.88 Å². The van der Waals surface area contributed by atoms with E-state index in [1.54, 1.807) is 12.3 Å². The van der Waals surface area contributed by atoms with Gasteiger partial charge in [0.05, 0.1) is 11.6 Å². The molecule has 0 aliphatic heterocycles. The molecule has 16 heavy (non-hydrogen) atoms. The summed E-state index contributed by atoms with van der Waals surface area (Å²) in [6.07, 6.45) is 1.69. The molecular formula is C12H9BrClNO. The third-order valence-corrected chi connectivity index (χ3v) is 2.78. The van der Waals surface area contributed by atoms with Crippen molar-refractivity contribution < 1.29 is 4.74 Å². The summed E-state index contributed by atoms with van der Waals surface area (Å²) in [5, 5.41) is 0. The van der Waals surface area contributed by atoms with Gasteiger partial charge >= 0.3 is 0 Å². The molecule has 82 valence electrons. The SMILES string of the molecule is ClCc1cc(Oc2ccc(Br)cc2)ccn1. The molecule has 2 nitrogen and oxygen atoms in total. The number of halogens is 2. The van der Waals surface area contributed by atoms with E-state index in [4.69, 9.17) is 16.3 Å². The smallest absolute Gasteiger partial charge is 0.130 e. The predicted octanol–water partition coefficient (Wildman–Crippen LogP) is 4.38. The zero-order valence-corrected chi connectivity index (χ0v) is 10.7. The summed E-state index contributed by atoms with van der Waals surface area (Å²) in [5.74, 6) is 1.92. The van der Waals surface area contributed by atoms with Crippen LogP contribution in [0.5, 0.6) is 11.5 Å². The highest BCUT2D eigenvalue weighted by atomic mass is 79.9. The molecule has 0 aliphatic carbocycles. The Morgan fingerprint density at radius 2 is 1.88 bits per heavy atom. The first-order valence-electron chi connectivity index (χ1n) is 4.72. The lowest BCUT2D eigenvalue weighted by Crippen LogP contribution is -1.88. The van der Waals surface area contributed by atoms with E-state index < -0.39 is 0 Å². The van der Waals surface area contributed by atoms with Gasteiger partial charge in [-0.1, -0.05) is 15.9 Å². The number of ether oxygens (including phenoxy) is 1. The molecule has 2 rings (SSSR count). The number of pyridine rings is 1. The number of benzene rings is 1. The summed E-state index contributed by atoms with van der Waals surface area (Å²) in [7, 11) is 0. The molecule has 0 saturated heterocycles. The fourth-order valence-electron chi connectivity index (χ4n) is 1.23. The zero-order valence-electron chi connectivity index (χ0n) is 8.36. The van der Waals surface area contributed by atoms with Gasteiger partial charge in [0.15, 0.2) is 0 Å². The number of hydrogen-bond acceptors (Lipinski definition) is 2. The molecule has 0 fully saturated rings. The molecular weight excluding hydrogens is 289 g/mol. The Labute approximate surface area is 107 Å². The minimum atomic E-state index is 0.386. The van der Waals surface area contributed by atoms with Gasteiger partial charge in [0, 0.05) is 16.7 Å². The topological polar surface area (TPSA) is 22.1 Å². The molecule has 1 aromatic heterocycles. The van der Waals surface area contributed by atoms with Crippen LogP contribution in [0.25, 0.3) is 0 Å². The summed E-state index contributed by atoms with van der Waals surface area (Å²) in [5.41, 5.74) is 0.802. The van der Waals surface area contributed by atoms with Gasteiger partial charge in [-0.2, -0.15) is 0 Å². The van der Waals surface area contributed by atoms with E-state index in [9.17, 15) is 0 Å². The van der Waals surface area contributed by atoms with E-state index >= 15 is 0 Å². The van der Waals surface area contributed by atoms with Crippen LogP contribution in [-0.2, 0) is 5.88 Å². The number of rotatable bonds is 3. The maximum absolute atomic E-state index is 5.70. The van der Waals surface area contributed by atoms with Crippen LogP contribution in [-0.4, -0.2) is 4.98 Å². The number of aromatic nitrogens is 1. The predicted molar refractivity (Wildman–Crippen MR) is 68.0 cm³/mol. The third-order valence-electron chi connectivity index (χ3n) is 1.97. The highest BCUT2D eigenvalue weighted by molar-refractivity contribution is 9.10. The quantitative estimate of drug-likeness (QED) is 0.785. The molecule has 0 amide bonds. The molecule has 0 spiro atoms. The molecule has 0 radical (unpaired) electrons. The molecule has 2 aromatic rings. The summed E-state index contributed by atoms with van der Waals surface area (Å²) in [4.78, 5) is 4.09. The largest absolute Gasteiger partial charge is 0.457 e. The standard InChI is InChI=1S/C12H9BrClNO/c13-9-1-3-11(4-2-9)16-12-5-6-15-10(7-12)8-14/h1-7H,8H2. The first kappa shape index (κ1) is 11.4. The van der Waals surface area contributed by atoms with Crippen molar-refractivity contribution in [2.24, 2.45) is 0 Å². The Morgan fingerprint density at radius 3 is 2.56 bits per heavy atom. The van der Waals surface area contributed by atoms with Crippen LogP contribution in [0.2, 0.25) is 0 Å². The summed E-state index contributed by atoms with van der Waals surface area (Å²) in [6, 6.07) is 11.3. The first-order valence-corrected chi connectivity index (χ1v) is 6.05. The Hall–Kier alpha value is -1.06. The van der Waals surface area contributed by atoms with Crippen molar-refractivity contribution >= 4 is 27.5 Å². The summed E-state index contributed by atoms with van der Waals surface area (Å²) < 4.78 is 6.68. The van der Waals surface area contributed by atoms with Crippen molar-refractivity contribution in [1.82, 2.24) is 4.98 Å². The first-order chi connectivity index (χ1) is 7.78. The van der Waals surface area contributed by atoms with Crippen molar-refractivity contribution in [2.75, 3.05) is 0 Å². The van der Waals surface area contributed by atoms with Crippen LogP contribution in [0.1, 0.15) is 5.69 Å². The maximum Gasteiger partial charge on any atom is 0.130 e. The zero-order chi connectivity index (χ0) is 11.4. The van der Waals surface area contributed by atoms with Crippen LogP contribution < -0.4 is 4.74 Å². The average molecular weight is 299 g/mol. The van der Waals surface area contributed by atoms with Gasteiger partial charge in [0.25, 0.3) is 0 Å². The normalized spacial score (nSPS) is 10.1. The van der Waals surface area contributed by atoms with Gasteiger partial charge in [0.1, 0.15) is 11.5 Å². The fourth-order valence-corrected chi connectivity index (χ4v) is 1.64. The molecule has 1 aromatic carbocycles. The van der Waals surface area contributed by atoms with Crippen LogP contribution in [0.15, 0.2) is 47.1 Å². The average Bonchev–Trinajstić information content (AvgIpc) is 2.32. The van der Waals surface area contributed by atoms with Gasteiger partial charge in [-0.25, -0.2) is 0 Å². The molecule has 4 heteroatoms. The van der Waals surface area contributed by atoms with Gasteiger partial charge in [-0.05, 0) is 30.3 Å². The second-order valence-electron chi connectivity index (χ2n) is 3.17. The lowest BCUT2D eigenvalue weighted by Gasteiger charge is -2.06. The molecule has 0 bridgehead atoms. The minimum Gasteiger partial charge on any atom is -0.457 e. The Morgan fingerprint density at radius 1 is 1.12 bits per heavy atom. The minimum absolute atomic E-state index is 0.386. The van der Waals surface area contributed by atoms with Gasteiger partial charge in [-0.15, -0.1) is 11.6 Å². The van der Waals surface area contributed by atoms with Crippen molar-refractivity contribution in [1.29, 1.82) is 0 Å². The van der Waals surface area contributed by atoms with Crippen molar-refractivity contribution in [3.8, 4) is 11.5 Å². The monoisotopic (exact) mass is 297 g/mol. The van der Waals surface area contributed by atoms with Gasteiger partial charge in [-0.3, -0.25) is 4.98 Å². The van der Waals surface area contributed by atoms with Crippen LogP contribution in [0.4, 0.5) is 0 Å². The fraction of sp³-hybridized carbons (Fsp3) is 0.0833. The molecule has 0 unspecified atom stereocenters. The van der Waals surface area contributed by atoms with Gasteiger partial charge < -0.3 is 4.74 Å². The molecule has 0 saturated carbocycles. The number of alkyl halides is 1. The molecule has 1 heterocycles. The van der Waals surface area contributed by atoms with E-state index in [-0.39, 0.29) is 0 Å². The Kier molecular flexibility index (Phi) is 3.80. The van der Waals surface area contributed by atoms with E-state index in [1.165, 1.54) is 0 Å². The Bertz CT molecular complexity index is 473. The van der Waals surface area contributed by atoms with Crippen LogP contribution >= 0.6 is 27.5 Å². The highest BCUT2D eigenvalue weighted by Crippen LogP contribution is 2.23. The van der Waals surface area contributed by atoms with E-state index in [2.05, 4.69) is 20.9 Å². The van der Waals surface area contributed by atoms with E-state index in [0.29, 0.717) is 5.88 Å².